The summed E-state index contributed by atoms with van der Waals surface area (Å²) in [5.41, 5.74) is 2.72. The van der Waals surface area contributed by atoms with Crippen molar-refractivity contribution in [2.75, 3.05) is 12.4 Å². The van der Waals surface area contributed by atoms with E-state index in [1.54, 1.807) is 24.0 Å². The zero-order chi connectivity index (χ0) is 18.3. The minimum atomic E-state index is -0.336. The van der Waals surface area contributed by atoms with Crippen LogP contribution in [-0.2, 0) is 7.05 Å². The summed E-state index contributed by atoms with van der Waals surface area (Å²) in [6.07, 6.45) is 6.73. The van der Waals surface area contributed by atoms with Crippen LogP contribution in [0.3, 0.4) is 0 Å². The van der Waals surface area contributed by atoms with Gasteiger partial charge < -0.3 is 9.26 Å². The monoisotopic (exact) mass is 370 g/mol. The van der Waals surface area contributed by atoms with Crippen molar-refractivity contribution in [3.8, 4) is 17.0 Å². The highest BCUT2D eigenvalue weighted by molar-refractivity contribution is 7.23. The molecule has 9 nitrogen and oxygen atoms in total. The highest BCUT2D eigenvalue weighted by atomic mass is 32.1. The van der Waals surface area contributed by atoms with Crippen LogP contribution in [0, 0.1) is 6.92 Å². The Bertz CT molecular complexity index is 1110. The Morgan fingerprint density at radius 3 is 2.85 bits per heavy atom. The first-order valence-corrected chi connectivity index (χ1v) is 8.43. The average Bonchev–Trinajstić information content (AvgIpc) is 3.33. The molecule has 1 N–H and O–H groups in total. The van der Waals surface area contributed by atoms with E-state index >= 15 is 0 Å². The fourth-order valence-corrected chi connectivity index (χ4v) is 3.52. The number of hydrogen-bond acceptors (Lipinski definition) is 8. The number of carbonyl (C=O) groups is 1. The van der Waals surface area contributed by atoms with Gasteiger partial charge in [-0.25, -0.2) is 9.97 Å². The van der Waals surface area contributed by atoms with Crippen molar-refractivity contribution in [3.05, 3.63) is 36.1 Å². The third-order valence-electron chi connectivity index (χ3n) is 3.81. The summed E-state index contributed by atoms with van der Waals surface area (Å²) in [4.78, 5) is 21.2. The molecule has 0 aromatic carbocycles. The van der Waals surface area contributed by atoms with E-state index in [9.17, 15) is 4.79 Å². The van der Waals surface area contributed by atoms with E-state index in [4.69, 9.17) is 9.26 Å². The van der Waals surface area contributed by atoms with Crippen LogP contribution in [0.15, 0.2) is 29.3 Å². The van der Waals surface area contributed by atoms with Crippen LogP contribution in [0.4, 0.5) is 5.13 Å². The SMILES string of the molecule is COc1ncc(-c2cnn(C)c2)c2sc(NC(=O)c3cnoc3C)nc12. The van der Waals surface area contributed by atoms with Crippen molar-refractivity contribution >= 4 is 32.6 Å². The first-order chi connectivity index (χ1) is 12.6. The molecule has 0 aliphatic heterocycles. The van der Waals surface area contributed by atoms with Gasteiger partial charge in [0, 0.05) is 30.6 Å². The molecule has 0 unspecified atom stereocenters. The molecular formula is C16H14N6O3S. The fourth-order valence-electron chi connectivity index (χ4n) is 2.54. The van der Waals surface area contributed by atoms with Crippen LogP contribution >= 0.6 is 11.3 Å². The van der Waals surface area contributed by atoms with Crippen LogP contribution in [0.25, 0.3) is 21.3 Å². The molecule has 26 heavy (non-hydrogen) atoms. The number of fused-ring (bicyclic) bond motifs is 1. The summed E-state index contributed by atoms with van der Waals surface area (Å²) in [6, 6.07) is 0. The molecule has 4 aromatic heterocycles. The first kappa shape index (κ1) is 16.2. The lowest BCUT2D eigenvalue weighted by atomic mass is 10.1. The molecule has 0 atom stereocenters. The van der Waals surface area contributed by atoms with Crippen LogP contribution in [-0.4, -0.2) is 37.9 Å². The Morgan fingerprint density at radius 2 is 2.19 bits per heavy atom. The van der Waals surface area contributed by atoms with E-state index in [1.807, 2.05) is 13.2 Å². The fraction of sp³-hybridized carbons (Fsp3) is 0.188. The normalized spacial score (nSPS) is 11.0. The Hall–Kier alpha value is -3.27. The standard InChI is InChI=1S/C16H14N6O3S/c1-8-10(6-19-25-8)14(23)21-16-20-12-13(26-16)11(5-17-15(12)24-3)9-4-18-22(2)7-9/h4-7H,1-3H3,(H,20,21,23). The lowest BCUT2D eigenvalue weighted by Gasteiger charge is -2.02. The van der Waals surface area contributed by atoms with E-state index in [0.717, 1.165) is 15.8 Å². The molecule has 10 heteroatoms. The molecule has 0 saturated heterocycles. The predicted octanol–water partition coefficient (Wildman–Crippen LogP) is 2.65. The number of hydrogen-bond donors (Lipinski definition) is 1. The number of aromatic nitrogens is 5. The van der Waals surface area contributed by atoms with Crippen LogP contribution in [0.2, 0.25) is 0 Å². The molecule has 0 aliphatic rings. The number of amides is 1. The van der Waals surface area contributed by atoms with Crippen molar-refractivity contribution in [1.82, 2.24) is 24.9 Å². The molecule has 132 valence electrons. The number of methoxy groups -OCH3 is 1. The summed E-state index contributed by atoms with van der Waals surface area (Å²) in [5.74, 6) is 0.502. The number of rotatable bonds is 4. The van der Waals surface area contributed by atoms with Gasteiger partial charge in [-0.1, -0.05) is 16.5 Å². The summed E-state index contributed by atoms with van der Waals surface area (Å²) in [5, 5.41) is 11.0. The zero-order valence-electron chi connectivity index (χ0n) is 14.2. The molecular weight excluding hydrogens is 356 g/mol. The molecule has 4 heterocycles. The Morgan fingerprint density at radius 1 is 1.35 bits per heavy atom. The summed E-state index contributed by atoms with van der Waals surface area (Å²) in [7, 11) is 3.38. The van der Waals surface area contributed by atoms with Crippen molar-refractivity contribution in [2.24, 2.45) is 7.05 Å². The number of thiazole rings is 1. The molecule has 0 saturated carbocycles. The van der Waals surface area contributed by atoms with Crippen molar-refractivity contribution in [3.63, 3.8) is 0 Å². The first-order valence-electron chi connectivity index (χ1n) is 7.62. The average molecular weight is 370 g/mol. The molecule has 0 aliphatic carbocycles. The van der Waals surface area contributed by atoms with Gasteiger partial charge in [0.25, 0.3) is 5.91 Å². The molecule has 0 spiro atoms. The van der Waals surface area contributed by atoms with Gasteiger partial charge in [-0.05, 0) is 6.92 Å². The van der Waals surface area contributed by atoms with Gasteiger partial charge in [-0.2, -0.15) is 5.10 Å². The Kier molecular flexibility index (Phi) is 3.88. The van der Waals surface area contributed by atoms with E-state index in [-0.39, 0.29) is 5.91 Å². The number of carbonyl (C=O) groups excluding carboxylic acids is 1. The molecule has 4 rings (SSSR count). The lowest BCUT2D eigenvalue weighted by molar-refractivity contribution is 0.102. The second-order valence-corrected chi connectivity index (χ2v) is 6.53. The molecule has 0 radical (unpaired) electrons. The largest absolute Gasteiger partial charge is 0.479 e. The smallest absolute Gasteiger partial charge is 0.262 e. The Labute approximate surface area is 151 Å². The van der Waals surface area contributed by atoms with E-state index in [0.29, 0.717) is 27.9 Å². The second-order valence-electron chi connectivity index (χ2n) is 5.53. The lowest BCUT2D eigenvalue weighted by Crippen LogP contribution is -2.11. The maximum Gasteiger partial charge on any atom is 0.262 e. The van der Waals surface area contributed by atoms with Gasteiger partial charge in [0.05, 0.1) is 24.2 Å². The summed E-state index contributed by atoms with van der Waals surface area (Å²) >= 11 is 1.34. The van der Waals surface area contributed by atoms with E-state index < -0.39 is 0 Å². The second kappa shape index (κ2) is 6.23. The number of aryl methyl sites for hydroxylation is 2. The third-order valence-corrected chi connectivity index (χ3v) is 4.81. The van der Waals surface area contributed by atoms with Crippen molar-refractivity contribution < 1.29 is 14.1 Å². The maximum atomic E-state index is 12.4. The maximum absolute atomic E-state index is 12.4. The van der Waals surface area contributed by atoms with Crippen molar-refractivity contribution in [2.45, 2.75) is 6.92 Å². The van der Waals surface area contributed by atoms with Gasteiger partial charge in [0.15, 0.2) is 5.13 Å². The topological polar surface area (TPSA) is 108 Å². The number of nitrogens with one attached hydrogen (secondary N) is 1. The minimum absolute atomic E-state index is 0.336. The predicted molar refractivity (Wildman–Crippen MR) is 95.4 cm³/mol. The van der Waals surface area contributed by atoms with Crippen molar-refractivity contribution in [1.29, 1.82) is 0 Å². The number of pyridine rings is 1. The highest BCUT2D eigenvalue weighted by Crippen LogP contribution is 2.38. The van der Waals surface area contributed by atoms with Gasteiger partial charge in [0.2, 0.25) is 5.88 Å². The van der Waals surface area contributed by atoms with E-state index in [1.165, 1.54) is 24.6 Å². The van der Waals surface area contributed by atoms with E-state index in [2.05, 4.69) is 25.5 Å². The zero-order valence-corrected chi connectivity index (χ0v) is 15.0. The van der Waals surface area contributed by atoms with Gasteiger partial charge in [0.1, 0.15) is 16.8 Å². The van der Waals surface area contributed by atoms with Crippen LogP contribution in [0.5, 0.6) is 5.88 Å². The molecule has 4 aromatic rings. The minimum Gasteiger partial charge on any atom is -0.479 e. The number of anilines is 1. The third kappa shape index (κ3) is 2.69. The molecule has 0 bridgehead atoms. The molecule has 0 fully saturated rings. The summed E-state index contributed by atoms with van der Waals surface area (Å²) < 4.78 is 12.8. The number of ether oxygens (including phenoxy) is 1. The van der Waals surface area contributed by atoms with Crippen LogP contribution < -0.4 is 10.1 Å². The van der Waals surface area contributed by atoms with Gasteiger partial charge in [-0.15, -0.1) is 0 Å². The van der Waals surface area contributed by atoms with Gasteiger partial charge >= 0.3 is 0 Å². The van der Waals surface area contributed by atoms with Gasteiger partial charge in [-0.3, -0.25) is 14.8 Å². The highest BCUT2D eigenvalue weighted by Gasteiger charge is 2.19. The number of nitrogens with zero attached hydrogens (tertiary/aromatic N) is 5. The quantitative estimate of drug-likeness (QED) is 0.588. The Balaban J connectivity index is 1.78. The van der Waals surface area contributed by atoms with Crippen LogP contribution in [0.1, 0.15) is 16.1 Å². The summed E-state index contributed by atoms with van der Waals surface area (Å²) in [6.45, 7) is 1.67. The molecule has 1 amide bonds.